The minimum Gasteiger partial charge on any atom is -0.467 e. The van der Waals surface area contributed by atoms with E-state index >= 15 is 0 Å². The highest BCUT2D eigenvalue weighted by Gasteiger charge is 2.14. The smallest absolute Gasteiger partial charge is 0.339 e. The van der Waals surface area contributed by atoms with Crippen LogP contribution < -0.4 is 14.8 Å². The van der Waals surface area contributed by atoms with Crippen molar-refractivity contribution in [3.05, 3.63) is 35.2 Å². The van der Waals surface area contributed by atoms with Gasteiger partial charge in [-0.3, -0.25) is 10.0 Å². The summed E-state index contributed by atoms with van der Waals surface area (Å²) in [4.78, 5) is 36.2. The summed E-state index contributed by atoms with van der Waals surface area (Å²) in [5.41, 5.74) is 1.30. The topological polar surface area (TPSA) is 115 Å². The summed E-state index contributed by atoms with van der Waals surface area (Å²) in [6.07, 6.45) is 0. The lowest BCUT2D eigenvalue weighted by atomic mass is 10.1. The van der Waals surface area contributed by atoms with Crippen molar-refractivity contribution in [1.82, 2.24) is 19.7 Å². The molecule has 25 heavy (non-hydrogen) atoms. The third-order valence-corrected chi connectivity index (χ3v) is 3.78. The number of methoxy groups -OCH3 is 2. The fraction of sp³-hybridized carbons (Fsp3) is 0.267. The zero-order valence-electron chi connectivity index (χ0n) is 14.1. The normalized spacial score (nSPS) is 10.1. The van der Waals surface area contributed by atoms with Crippen molar-refractivity contribution in [2.75, 3.05) is 19.5 Å². The molecule has 10 heteroatoms. The van der Waals surface area contributed by atoms with Crippen LogP contribution in [0, 0.1) is 13.8 Å². The number of hydrogen-bond donors (Lipinski definition) is 2. The van der Waals surface area contributed by atoms with Crippen molar-refractivity contribution in [3.8, 4) is 6.01 Å². The number of nitrogens with one attached hydrogen (secondary N) is 2. The molecule has 132 valence electrons. The Kier molecular flexibility index (Phi) is 6.12. The molecular formula is C15H17N5O4S. The molecule has 1 aromatic carbocycles. The maximum Gasteiger partial charge on any atom is 0.339 e. The molecule has 0 aliphatic carbocycles. The van der Waals surface area contributed by atoms with Gasteiger partial charge in [-0.25, -0.2) is 9.59 Å². The standard InChI is InChI=1S/C15H17N5O4S/c1-8-5-6-10(12(21)23-3)11(7-8)25-20-14(22)18-13-16-9(2)17-15(19-13)24-4/h5-7H,1-4H3,(H2,16,17,18,19,20,22). The minimum absolute atomic E-state index is 0.0554. The van der Waals surface area contributed by atoms with Crippen LogP contribution in [0.3, 0.4) is 0 Å². The van der Waals surface area contributed by atoms with E-state index in [1.165, 1.54) is 14.2 Å². The van der Waals surface area contributed by atoms with Crippen molar-refractivity contribution in [2.24, 2.45) is 0 Å². The average molecular weight is 363 g/mol. The number of aryl methyl sites for hydroxylation is 2. The average Bonchev–Trinajstić information content (AvgIpc) is 2.58. The van der Waals surface area contributed by atoms with Gasteiger partial charge in [0.25, 0.3) is 0 Å². The van der Waals surface area contributed by atoms with Crippen molar-refractivity contribution in [2.45, 2.75) is 18.7 Å². The minimum atomic E-state index is -0.560. The number of anilines is 1. The van der Waals surface area contributed by atoms with Gasteiger partial charge in [0.05, 0.1) is 19.8 Å². The first-order chi connectivity index (χ1) is 11.9. The van der Waals surface area contributed by atoms with Gasteiger partial charge in [-0.1, -0.05) is 6.07 Å². The molecule has 1 heterocycles. The fourth-order valence-electron chi connectivity index (χ4n) is 1.83. The lowest BCUT2D eigenvalue weighted by Gasteiger charge is -2.10. The first-order valence-electron chi connectivity index (χ1n) is 7.12. The largest absolute Gasteiger partial charge is 0.467 e. The first-order valence-corrected chi connectivity index (χ1v) is 7.94. The Morgan fingerprint density at radius 3 is 2.56 bits per heavy atom. The zero-order chi connectivity index (χ0) is 18.4. The third-order valence-electron chi connectivity index (χ3n) is 2.93. The SMILES string of the molecule is COC(=O)c1ccc(C)cc1SNC(=O)Nc1nc(C)nc(OC)n1. The zero-order valence-corrected chi connectivity index (χ0v) is 14.9. The van der Waals surface area contributed by atoms with E-state index in [1.54, 1.807) is 25.1 Å². The predicted molar refractivity (Wildman–Crippen MR) is 91.6 cm³/mol. The molecule has 0 radical (unpaired) electrons. The van der Waals surface area contributed by atoms with Gasteiger partial charge in [0.15, 0.2) is 0 Å². The number of rotatable bonds is 5. The maximum atomic E-state index is 12.0. The highest BCUT2D eigenvalue weighted by molar-refractivity contribution is 7.98. The molecule has 0 aliphatic rings. The van der Waals surface area contributed by atoms with E-state index in [-0.39, 0.29) is 12.0 Å². The summed E-state index contributed by atoms with van der Waals surface area (Å²) in [6.45, 7) is 3.53. The quantitative estimate of drug-likeness (QED) is 0.613. The van der Waals surface area contributed by atoms with Gasteiger partial charge in [0.1, 0.15) is 5.82 Å². The Balaban J connectivity index is 2.06. The van der Waals surface area contributed by atoms with Crippen molar-refractivity contribution in [3.63, 3.8) is 0 Å². The number of ether oxygens (including phenoxy) is 2. The number of hydrogen-bond acceptors (Lipinski definition) is 8. The summed E-state index contributed by atoms with van der Waals surface area (Å²) in [5.74, 6) is -0.0242. The van der Waals surface area contributed by atoms with Gasteiger partial charge < -0.3 is 9.47 Å². The van der Waals surface area contributed by atoms with Crippen LogP contribution in [-0.2, 0) is 4.74 Å². The van der Waals surface area contributed by atoms with E-state index in [1.807, 2.05) is 6.92 Å². The van der Waals surface area contributed by atoms with Gasteiger partial charge in [-0.15, -0.1) is 0 Å². The Morgan fingerprint density at radius 1 is 1.12 bits per heavy atom. The van der Waals surface area contributed by atoms with Crippen LogP contribution in [0.15, 0.2) is 23.1 Å². The van der Waals surface area contributed by atoms with Crippen molar-refractivity contribution in [1.29, 1.82) is 0 Å². The highest BCUT2D eigenvalue weighted by Crippen LogP contribution is 2.22. The Labute approximate surface area is 148 Å². The highest BCUT2D eigenvalue weighted by atomic mass is 32.2. The van der Waals surface area contributed by atoms with Gasteiger partial charge in [0, 0.05) is 4.90 Å². The summed E-state index contributed by atoms with van der Waals surface area (Å²) in [5, 5.41) is 2.48. The van der Waals surface area contributed by atoms with E-state index in [4.69, 9.17) is 9.47 Å². The molecule has 0 spiro atoms. The van der Waals surface area contributed by atoms with Crippen LogP contribution >= 0.6 is 11.9 Å². The molecule has 0 aliphatic heterocycles. The third kappa shape index (κ3) is 5.05. The van der Waals surface area contributed by atoms with Gasteiger partial charge in [-0.2, -0.15) is 15.0 Å². The molecule has 0 atom stereocenters. The molecule has 0 saturated carbocycles. The van der Waals surface area contributed by atoms with E-state index in [2.05, 4.69) is 25.0 Å². The summed E-state index contributed by atoms with van der Waals surface area (Å²) in [7, 11) is 2.72. The summed E-state index contributed by atoms with van der Waals surface area (Å²) in [6, 6.07) is 4.74. The number of urea groups is 1. The molecule has 2 rings (SSSR count). The van der Waals surface area contributed by atoms with E-state index in [0.717, 1.165) is 17.5 Å². The van der Waals surface area contributed by atoms with E-state index < -0.39 is 12.0 Å². The second kappa shape index (κ2) is 8.29. The Hall–Kier alpha value is -2.88. The van der Waals surface area contributed by atoms with E-state index in [0.29, 0.717) is 16.3 Å². The van der Waals surface area contributed by atoms with Gasteiger partial charge in [0.2, 0.25) is 5.95 Å². The monoisotopic (exact) mass is 363 g/mol. The van der Waals surface area contributed by atoms with Gasteiger partial charge >= 0.3 is 18.0 Å². The Bertz CT molecular complexity index is 799. The number of esters is 1. The predicted octanol–water partition coefficient (Wildman–Crippen LogP) is 2.11. The molecule has 0 unspecified atom stereocenters. The van der Waals surface area contributed by atoms with Crippen LogP contribution in [0.1, 0.15) is 21.7 Å². The lowest BCUT2D eigenvalue weighted by molar-refractivity contribution is 0.0596. The maximum absolute atomic E-state index is 12.0. The van der Waals surface area contributed by atoms with Crippen LogP contribution in [0.2, 0.25) is 0 Å². The molecule has 1 aromatic heterocycles. The van der Waals surface area contributed by atoms with Crippen molar-refractivity contribution >= 4 is 29.9 Å². The molecule has 2 amide bonds. The number of nitrogens with zero attached hydrogens (tertiary/aromatic N) is 3. The van der Waals surface area contributed by atoms with Gasteiger partial charge in [-0.05, 0) is 43.5 Å². The second-order valence-corrected chi connectivity index (χ2v) is 5.69. The number of carbonyl (C=O) groups is 2. The number of benzene rings is 1. The molecule has 0 saturated heterocycles. The molecule has 0 fully saturated rings. The summed E-state index contributed by atoms with van der Waals surface area (Å²) < 4.78 is 12.2. The molecular weight excluding hydrogens is 346 g/mol. The molecule has 2 N–H and O–H groups in total. The van der Waals surface area contributed by atoms with E-state index in [9.17, 15) is 9.59 Å². The molecule has 0 bridgehead atoms. The fourth-order valence-corrected chi connectivity index (χ4v) is 2.59. The Morgan fingerprint density at radius 2 is 1.88 bits per heavy atom. The van der Waals surface area contributed by atoms with Crippen molar-refractivity contribution < 1.29 is 19.1 Å². The number of amides is 2. The van der Waals surface area contributed by atoms with Crippen LogP contribution in [-0.4, -0.2) is 41.2 Å². The lowest BCUT2D eigenvalue weighted by Crippen LogP contribution is -2.24. The molecule has 2 aromatic rings. The van der Waals surface area contributed by atoms with Crippen LogP contribution in [0.4, 0.5) is 10.7 Å². The first kappa shape index (κ1) is 18.5. The number of carbonyl (C=O) groups excluding carboxylic acids is 2. The second-order valence-electron chi connectivity index (χ2n) is 4.84. The van der Waals surface area contributed by atoms with Crippen LogP contribution in [0.5, 0.6) is 6.01 Å². The summed E-state index contributed by atoms with van der Waals surface area (Å²) >= 11 is 0.981. The number of aromatic nitrogens is 3. The molecule has 9 nitrogen and oxygen atoms in total. The van der Waals surface area contributed by atoms with Crippen LogP contribution in [0.25, 0.3) is 0 Å².